The van der Waals surface area contributed by atoms with Crippen molar-refractivity contribution in [3.05, 3.63) is 66.6 Å². The number of anilines is 1. The van der Waals surface area contributed by atoms with E-state index < -0.39 is 0 Å². The molecule has 0 saturated carbocycles. The van der Waals surface area contributed by atoms with Crippen molar-refractivity contribution in [2.45, 2.75) is 18.8 Å². The smallest absolute Gasteiger partial charge is 0.323 e. The molecule has 0 spiro atoms. The summed E-state index contributed by atoms with van der Waals surface area (Å²) < 4.78 is 0. The van der Waals surface area contributed by atoms with Gasteiger partial charge in [-0.3, -0.25) is 5.32 Å². The van der Waals surface area contributed by atoms with Crippen molar-refractivity contribution in [3.8, 4) is 11.4 Å². The van der Waals surface area contributed by atoms with Gasteiger partial charge in [-0.25, -0.2) is 14.8 Å². The first kappa shape index (κ1) is 17.1. The molecule has 1 fully saturated rings. The van der Waals surface area contributed by atoms with Crippen LogP contribution < -0.4 is 5.32 Å². The van der Waals surface area contributed by atoms with Crippen molar-refractivity contribution in [3.63, 3.8) is 0 Å². The number of likely N-dealkylation sites (tertiary alicyclic amines) is 1. The van der Waals surface area contributed by atoms with Gasteiger partial charge in [-0.1, -0.05) is 30.3 Å². The predicted molar refractivity (Wildman–Crippen MR) is 102 cm³/mol. The molecule has 1 N–H and O–H groups in total. The van der Waals surface area contributed by atoms with Gasteiger partial charge in [0.1, 0.15) is 0 Å². The highest BCUT2D eigenvalue weighted by Crippen LogP contribution is 2.28. The molecule has 0 bridgehead atoms. The van der Waals surface area contributed by atoms with Gasteiger partial charge in [-0.05, 0) is 31.0 Å². The zero-order valence-electron chi connectivity index (χ0n) is 14.8. The van der Waals surface area contributed by atoms with Crippen LogP contribution in [-0.2, 0) is 0 Å². The summed E-state index contributed by atoms with van der Waals surface area (Å²) in [5.41, 5.74) is 2.05. The van der Waals surface area contributed by atoms with Gasteiger partial charge in [0, 0.05) is 42.7 Å². The lowest BCUT2D eigenvalue weighted by Crippen LogP contribution is -2.40. The second-order valence-corrected chi connectivity index (χ2v) is 6.47. The Kier molecular flexibility index (Phi) is 5.00. The van der Waals surface area contributed by atoms with E-state index in [1.807, 2.05) is 47.5 Å². The van der Waals surface area contributed by atoms with Crippen LogP contribution >= 0.6 is 0 Å². The Balaban J connectivity index is 1.39. The lowest BCUT2D eigenvalue weighted by molar-refractivity contribution is 0.194. The number of urea groups is 1. The molecule has 27 heavy (non-hydrogen) atoms. The highest BCUT2D eigenvalue weighted by Gasteiger charge is 2.25. The van der Waals surface area contributed by atoms with Crippen LogP contribution in [-0.4, -0.2) is 44.2 Å². The van der Waals surface area contributed by atoms with E-state index in [1.54, 1.807) is 18.3 Å². The zero-order chi connectivity index (χ0) is 18.5. The first-order valence-corrected chi connectivity index (χ1v) is 9.01. The number of carbonyl (C=O) groups is 1. The Morgan fingerprint density at radius 2 is 1.81 bits per heavy atom. The van der Waals surface area contributed by atoms with Gasteiger partial charge in [-0.15, -0.1) is 5.10 Å². The number of amides is 2. The molecule has 0 unspecified atom stereocenters. The number of nitrogens with zero attached hydrogens (tertiary/aromatic N) is 5. The monoisotopic (exact) mass is 360 g/mol. The van der Waals surface area contributed by atoms with Gasteiger partial charge in [0.25, 0.3) is 0 Å². The third-order valence-corrected chi connectivity index (χ3v) is 4.72. The second-order valence-electron chi connectivity index (χ2n) is 6.47. The van der Waals surface area contributed by atoms with E-state index in [9.17, 15) is 4.79 Å². The highest BCUT2D eigenvalue weighted by molar-refractivity contribution is 5.88. The average Bonchev–Trinajstić information content (AvgIpc) is 2.75. The van der Waals surface area contributed by atoms with Crippen molar-refractivity contribution in [2.24, 2.45) is 0 Å². The molecule has 0 atom stereocenters. The maximum atomic E-state index is 12.4. The predicted octanol–water partition coefficient (Wildman–Crippen LogP) is 3.35. The number of hydrogen-bond acceptors (Lipinski definition) is 5. The van der Waals surface area contributed by atoms with Crippen molar-refractivity contribution in [2.75, 3.05) is 18.4 Å². The third kappa shape index (κ3) is 4.08. The molecule has 136 valence electrons. The summed E-state index contributed by atoms with van der Waals surface area (Å²) in [5, 5.41) is 10.4. The zero-order valence-corrected chi connectivity index (χ0v) is 14.8. The van der Waals surface area contributed by atoms with Crippen molar-refractivity contribution >= 4 is 11.8 Å². The fourth-order valence-corrected chi connectivity index (χ4v) is 3.26. The van der Waals surface area contributed by atoms with E-state index in [0.717, 1.165) is 29.9 Å². The summed E-state index contributed by atoms with van der Waals surface area (Å²) in [4.78, 5) is 23.3. The van der Waals surface area contributed by atoms with E-state index >= 15 is 0 Å². The summed E-state index contributed by atoms with van der Waals surface area (Å²) in [7, 11) is 0. The number of benzene rings is 1. The number of aromatic nitrogens is 4. The van der Waals surface area contributed by atoms with E-state index in [-0.39, 0.29) is 6.03 Å². The fraction of sp³-hybridized carbons (Fsp3) is 0.250. The van der Waals surface area contributed by atoms with Gasteiger partial charge in [0.05, 0.1) is 0 Å². The SMILES string of the molecule is O=C(Nc1cccnn1)N1CCC(c2ccnc(-c3ccccc3)n2)CC1. The molecule has 3 heterocycles. The molecule has 3 aromatic rings. The molecule has 4 rings (SSSR count). The Hall–Kier alpha value is -3.35. The first-order valence-electron chi connectivity index (χ1n) is 9.01. The van der Waals surface area contributed by atoms with Gasteiger partial charge in [-0.2, -0.15) is 5.10 Å². The van der Waals surface area contributed by atoms with Crippen LogP contribution in [0.2, 0.25) is 0 Å². The Bertz CT molecular complexity index is 895. The van der Waals surface area contributed by atoms with Crippen LogP contribution in [0.3, 0.4) is 0 Å². The fourth-order valence-electron chi connectivity index (χ4n) is 3.26. The summed E-state index contributed by atoms with van der Waals surface area (Å²) >= 11 is 0. The summed E-state index contributed by atoms with van der Waals surface area (Å²) in [6.07, 6.45) is 5.14. The van der Waals surface area contributed by atoms with E-state index in [2.05, 4.69) is 20.5 Å². The molecular weight excluding hydrogens is 340 g/mol. The normalized spacial score (nSPS) is 14.7. The molecule has 7 nitrogen and oxygen atoms in total. The average molecular weight is 360 g/mol. The molecule has 1 saturated heterocycles. The van der Waals surface area contributed by atoms with Crippen LogP contribution in [0, 0.1) is 0 Å². The molecule has 1 aromatic carbocycles. The maximum absolute atomic E-state index is 12.4. The molecule has 1 aliphatic heterocycles. The summed E-state index contributed by atoms with van der Waals surface area (Å²) in [6, 6.07) is 15.3. The molecule has 0 aliphatic carbocycles. The lowest BCUT2D eigenvalue weighted by Gasteiger charge is -2.31. The minimum atomic E-state index is -0.137. The highest BCUT2D eigenvalue weighted by atomic mass is 16.2. The molecule has 0 radical (unpaired) electrons. The minimum absolute atomic E-state index is 0.137. The van der Waals surface area contributed by atoms with Crippen LogP contribution in [0.5, 0.6) is 0 Å². The number of nitrogens with one attached hydrogen (secondary N) is 1. The van der Waals surface area contributed by atoms with Gasteiger partial charge in [0.15, 0.2) is 11.6 Å². The quantitative estimate of drug-likeness (QED) is 0.774. The molecule has 2 aromatic heterocycles. The summed E-state index contributed by atoms with van der Waals surface area (Å²) in [6.45, 7) is 1.36. The topological polar surface area (TPSA) is 83.9 Å². The Morgan fingerprint density at radius 3 is 2.56 bits per heavy atom. The van der Waals surface area contributed by atoms with Crippen LogP contribution in [0.25, 0.3) is 11.4 Å². The number of hydrogen-bond donors (Lipinski definition) is 1. The van der Waals surface area contributed by atoms with E-state index in [0.29, 0.717) is 24.8 Å². The van der Waals surface area contributed by atoms with Gasteiger partial charge >= 0.3 is 6.03 Å². The number of carbonyl (C=O) groups excluding carboxylic acids is 1. The first-order chi connectivity index (χ1) is 13.3. The van der Waals surface area contributed by atoms with Crippen molar-refractivity contribution in [1.29, 1.82) is 0 Å². The van der Waals surface area contributed by atoms with E-state index in [1.165, 1.54) is 0 Å². The van der Waals surface area contributed by atoms with Crippen LogP contribution in [0.15, 0.2) is 60.9 Å². The van der Waals surface area contributed by atoms with Gasteiger partial charge in [0.2, 0.25) is 0 Å². The molecule has 1 aliphatic rings. The number of rotatable bonds is 3. The number of piperidine rings is 1. The van der Waals surface area contributed by atoms with Gasteiger partial charge < -0.3 is 4.90 Å². The molecule has 2 amide bonds. The molecule has 7 heteroatoms. The van der Waals surface area contributed by atoms with E-state index in [4.69, 9.17) is 4.98 Å². The standard InChI is InChI=1S/C20H20N6O/c27-20(24-18-7-4-11-22-25-18)26-13-9-15(10-14-26)17-8-12-21-19(23-17)16-5-2-1-3-6-16/h1-8,11-12,15H,9-10,13-14H2,(H,24,25,27). The van der Waals surface area contributed by atoms with Crippen molar-refractivity contribution < 1.29 is 4.79 Å². The minimum Gasteiger partial charge on any atom is -0.324 e. The van der Waals surface area contributed by atoms with Crippen LogP contribution in [0.1, 0.15) is 24.5 Å². The Morgan fingerprint density at radius 1 is 1.00 bits per heavy atom. The summed E-state index contributed by atoms with van der Waals surface area (Å²) in [5.74, 6) is 1.54. The Labute approximate surface area is 157 Å². The van der Waals surface area contributed by atoms with Crippen LogP contribution in [0.4, 0.5) is 10.6 Å². The second kappa shape index (κ2) is 7.90. The largest absolute Gasteiger partial charge is 0.324 e. The lowest BCUT2D eigenvalue weighted by atomic mass is 9.93. The third-order valence-electron chi connectivity index (χ3n) is 4.72. The molecular formula is C20H20N6O. The maximum Gasteiger partial charge on any atom is 0.323 e. The van der Waals surface area contributed by atoms with Crippen molar-refractivity contribution in [1.82, 2.24) is 25.1 Å².